The molecule has 3 aliphatic heterocycles. The van der Waals surface area contributed by atoms with E-state index in [2.05, 4.69) is 15.0 Å². The van der Waals surface area contributed by atoms with Crippen LogP contribution in [0.1, 0.15) is 31.9 Å². The Morgan fingerprint density at radius 3 is 2.65 bits per heavy atom. The molecule has 2 aromatic carbocycles. The standard InChI is InChI=1S/C25H24FN5O2S/c1-16(23(32)27-19-13-8-7-12-18(19)26)34-25-28-22-21(20-14-6-3-9-15-30(20)25)24(33)31(29-22)17-10-4-2-5-11-17/h2,4-5,7-8,10-13,16H,3,6,9,14-15H2,1H3,(H,27,32). The monoisotopic (exact) mass is 477 g/mol. The third-order valence-electron chi connectivity index (χ3n) is 5.95. The van der Waals surface area contributed by atoms with Gasteiger partial charge in [-0.05, 0) is 50.5 Å². The van der Waals surface area contributed by atoms with Gasteiger partial charge in [0.1, 0.15) is 11.4 Å². The van der Waals surface area contributed by atoms with Crippen LogP contribution in [0.4, 0.5) is 10.1 Å². The van der Waals surface area contributed by atoms with E-state index in [-0.39, 0.29) is 17.2 Å². The number of carbonyl (C=O) groups excluding carboxylic acids is 1. The van der Waals surface area contributed by atoms with E-state index in [1.54, 1.807) is 19.1 Å². The predicted molar refractivity (Wildman–Crippen MR) is 130 cm³/mol. The Morgan fingerprint density at radius 1 is 1.09 bits per heavy atom. The molecule has 0 radical (unpaired) electrons. The van der Waals surface area contributed by atoms with E-state index in [9.17, 15) is 14.0 Å². The van der Waals surface area contributed by atoms with Crippen LogP contribution >= 0.6 is 11.8 Å². The molecule has 0 fully saturated rings. The SMILES string of the molecule is CC(Sc1nc2nn(-c3ccccc3)c(=O)c-2c2n1CCCCC2)C(=O)Nc1ccccc1F. The first-order chi connectivity index (χ1) is 16.5. The molecular formula is C25H24FN5O2S. The molecule has 1 N–H and O–H groups in total. The number of amides is 1. The van der Waals surface area contributed by atoms with Crippen molar-refractivity contribution in [3.05, 3.63) is 76.5 Å². The van der Waals surface area contributed by atoms with Crippen LogP contribution in [-0.4, -0.2) is 30.5 Å². The number of benzene rings is 2. The fourth-order valence-corrected chi connectivity index (χ4v) is 5.15. The van der Waals surface area contributed by atoms with Crippen LogP contribution < -0.4 is 10.9 Å². The maximum absolute atomic E-state index is 14.0. The molecule has 0 saturated heterocycles. The highest BCUT2D eigenvalue weighted by molar-refractivity contribution is 8.00. The van der Waals surface area contributed by atoms with Gasteiger partial charge < -0.3 is 9.88 Å². The number of nitrogens with one attached hydrogen (secondary N) is 1. The maximum atomic E-state index is 14.0. The molecule has 1 atom stereocenters. The summed E-state index contributed by atoms with van der Waals surface area (Å²) in [6.07, 6.45) is 3.74. The van der Waals surface area contributed by atoms with Crippen molar-refractivity contribution in [2.24, 2.45) is 0 Å². The normalized spacial score (nSPS) is 14.4. The number of fused-ring (bicyclic) bond motifs is 3. The van der Waals surface area contributed by atoms with Crippen LogP contribution in [0, 0.1) is 5.82 Å². The van der Waals surface area contributed by atoms with Crippen molar-refractivity contribution in [2.75, 3.05) is 5.32 Å². The number of thioether (sulfide) groups is 1. The van der Waals surface area contributed by atoms with Crippen LogP contribution in [0.2, 0.25) is 0 Å². The molecule has 1 amide bonds. The Kier molecular flexibility index (Phi) is 6.19. The summed E-state index contributed by atoms with van der Waals surface area (Å²) < 4.78 is 17.4. The first-order valence-corrected chi connectivity index (χ1v) is 12.2. The number of para-hydroxylation sites is 2. The summed E-state index contributed by atoms with van der Waals surface area (Å²) in [6.45, 7) is 2.48. The number of aromatic nitrogens is 4. The number of carbonyl (C=O) groups is 1. The van der Waals surface area contributed by atoms with E-state index < -0.39 is 11.1 Å². The number of hydrogen-bond donors (Lipinski definition) is 1. The quantitative estimate of drug-likeness (QED) is 0.338. The maximum Gasteiger partial charge on any atom is 0.284 e. The lowest BCUT2D eigenvalue weighted by Gasteiger charge is -2.19. The zero-order valence-electron chi connectivity index (χ0n) is 18.7. The van der Waals surface area contributed by atoms with Gasteiger partial charge in [0.25, 0.3) is 5.56 Å². The Morgan fingerprint density at radius 2 is 1.85 bits per heavy atom. The van der Waals surface area contributed by atoms with Gasteiger partial charge >= 0.3 is 0 Å². The summed E-state index contributed by atoms with van der Waals surface area (Å²) in [7, 11) is 0. The molecule has 9 heteroatoms. The molecule has 5 rings (SSSR count). The van der Waals surface area contributed by atoms with Crippen LogP contribution in [0.25, 0.3) is 17.1 Å². The highest BCUT2D eigenvalue weighted by atomic mass is 32.2. The van der Waals surface area contributed by atoms with E-state index in [4.69, 9.17) is 4.98 Å². The van der Waals surface area contributed by atoms with Crippen molar-refractivity contribution in [1.82, 2.24) is 19.3 Å². The molecule has 2 aromatic rings. The molecule has 0 aromatic heterocycles. The van der Waals surface area contributed by atoms with Crippen LogP contribution in [0.5, 0.6) is 0 Å². The van der Waals surface area contributed by atoms with Crippen molar-refractivity contribution >= 4 is 23.4 Å². The van der Waals surface area contributed by atoms with Gasteiger partial charge in [-0.25, -0.2) is 9.37 Å². The van der Waals surface area contributed by atoms with Crippen LogP contribution in [0.15, 0.2) is 64.5 Å². The highest BCUT2D eigenvalue weighted by Gasteiger charge is 2.28. The topological polar surface area (TPSA) is 81.8 Å². The second-order valence-corrected chi connectivity index (χ2v) is 9.59. The Bertz CT molecular complexity index is 1370. The van der Waals surface area contributed by atoms with Crippen LogP contribution in [-0.2, 0) is 17.8 Å². The minimum absolute atomic E-state index is 0.146. The molecule has 174 valence electrons. The molecule has 0 spiro atoms. The molecule has 34 heavy (non-hydrogen) atoms. The predicted octanol–water partition coefficient (Wildman–Crippen LogP) is 4.52. The average molecular weight is 478 g/mol. The third kappa shape index (κ3) is 4.23. The number of nitrogens with zero attached hydrogens (tertiary/aromatic N) is 4. The van der Waals surface area contributed by atoms with Gasteiger partial charge in [-0.3, -0.25) is 9.59 Å². The summed E-state index contributed by atoms with van der Waals surface area (Å²) in [5, 5.41) is 7.29. The molecule has 1 unspecified atom stereocenters. The second kappa shape index (κ2) is 9.42. The summed E-state index contributed by atoms with van der Waals surface area (Å²) in [5.41, 5.74) is 2.11. The molecule has 0 aliphatic carbocycles. The molecule has 7 nitrogen and oxygen atoms in total. The van der Waals surface area contributed by atoms with Gasteiger partial charge in [0.15, 0.2) is 11.0 Å². The average Bonchev–Trinajstić information content (AvgIpc) is 3.01. The Hall–Kier alpha value is -3.46. The lowest BCUT2D eigenvalue weighted by molar-refractivity contribution is -0.115. The zero-order chi connectivity index (χ0) is 23.7. The van der Waals surface area contributed by atoms with E-state index in [0.29, 0.717) is 22.2 Å². The van der Waals surface area contributed by atoms with E-state index in [1.807, 2.05) is 30.3 Å². The smallest absolute Gasteiger partial charge is 0.284 e. The minimum Gasteiger partial charge on any atom is -0.324 e. The summed E-state index contributed by atoms with van der Waals surface area (Å²) in [4.78, 5) is 30.9. The number of hydrogen-bond acceptors (Lipinski definition) is 5. The van der Waals surface area contributed by atoms with Gasteiger partial charge in [0.2, 0.25) is 5.91 Å². The van der Waals surface area contributed by atoms with E-state index in [0.717, 1.165) is 37.9 Å². The second-order valence-electron chi connectivity index (χ2n) is 8.28. The lowest BCUT2D eigenvalue weighted by Crippen LogP contribution is -2.25. The fraction of sp³-hybridized carbons (Fsp3) is 0.280. The third-order valence-corrected chi connectivity index (χ3v) is 7.04. The molecule has 0 saturated carbocycles. The molecule has 0 bridgehead atoms. The molecular weight excluding hydrogens is 453 g/mol. The number of rotatable bonds is 5. The first kappa shape index (κ1) is 22.3. The van der Waals surface area contributed by atoms with Crippen molar-refractivity contribution in [3.8, 4) is 17.1 Å². The lowest BCUT2D eigenvalue weighted by atomic mass is 10.1. The van der Waals surface area contributed by atoms with Crippen molar-refractivity contribution in [2.45, 2.75) is 49.6 Å². The van der Waals surface area contributed by atoms with Gasteiger partial charge in [-0.15, -0.1) is 5.10 Å². The minimum atomic E-state index is -0.535. The first-order valence-electron chi connectivity index (χ1n) is 11.3. The summed E-state index contributed by atoms with van der Waals surface area (Å²) >= 11 is 1.29. The molecule has 3 aliphatic rings. The number of halogens is 1. The fourth-order valence-electron chi connectivity index (χ4n) is 4.20. The zero-order valence-corrected chi connectivity index (χ0v) is 19.5. The van der Waals surface area contributed by atoms with Crippen molar-refractivity contribution in [1.29, 1.82) is 0 Å². The summed E-state index contributed by atoms with van der Waals surface area (Å²) in [5.74, 6) is -0.421. The highest BCUT2D eigenvalue weighted by Crippen LogP contribution is 2.32. The van der Waals surface area contributed by atoms with Crippen LogP contribution in [0.3, 0.4) is 0 Å². The van der Waals surface area contributed by atoms with E-state index in [1.165, 1.54) is 28.6 Å². The Balaban J connectivity index is 1.53. The Labute approximate surface area is 200 Å². The van der Waals surface area contributed by atoms with E-state index >= 15 is 0 Å². The summed E-state index contributed by atoms with van der Waals surface area (Å²) in [6, 6.07) is 15.4. The number of anilines is 1. The largest absolute Gasteiger partial charge is 0.324 e. The van der Waals surface area contributed by atoms with Crippen molar-refractivity contribution < 1.29 is 9.18 Å². The van der Waals surface area contributed by atoms with Gasteiger partial charge in [0, 0.05) is 12.2 Å². The van der Waals surface area contributed by atoms with Crippen molar-refractivity contribution in [3.63, 3.8) is 0 Å². The molecule has 3 heterocycles. The van der Waals surface area contributed by atoms with Gasteiger partial charge in [-0.1, -0.05) is 48.5 Å². The van der Waals surface area contributed by atoms with Gasteiger partial charge in [0.05, 0.1) is 16.6 Å². The van der Waals surface area contributed by atoms with Gasteiger partial charge in [-0.2, -0.15) is 4.68 Å².